The van der Waals surface area contributed by atoms with Gasteiger partial charge in [-0.2, -0.15) is 0 Å². The molecule has 0 atom stereocenters. The summed E-state index contributed by atoms with van der Waals surface area (Å²) in [6.45, 7) is 1.44. The number of aromatic amines is 1. The summed E-state index contributed by atoms with van der Waals surface area (Å²) in [6.07, 6.45) is 0. The molecule has 6 nitrogen and oxygen atoms in total. The van der Waals surface area contributed by atoms with Crippen molar-refractivity contribution in [1.82, 2.24) is 10.3 Å². The van der Waals surface area contributed by atoms with E-state index in [1.54, 1.807) is 23.6 Å². The number of rotatable bonds is 7. The zero-order chi connectivity index (χ0) is 14.4. The molecule has 106 valence electrons. The van der Waals surface area contributed by atoms with Crippen LogP contribution in [-0.2, 0) is 6.54 Å². The van der Waals surface area contributed by atoms with Crippen LogP contribution in [0.5, 0.6) is 5.75 Å². The zero-order valence-corrected chi connectivity index (χ0v) is 11.4. The van der Waals surface area contributed by atoms with E-state index in [4.69, 9.17) is 9.84 Å². The van der Waals surface area contributed by atoms with Gasteiger partial charge in [0.25, 0.3) is 0 Å². The van der Waals surface area contributed by atoms with Crippen LogP contribution in [-0.4, -0.2) is 29.2 Å². The van der Waals surface area contributed by atoms with Gasteiger partial charge in [0, 0.05) is 24.2 Å². The summed E-state index contributed by atoms with van der Waals surface area (Å²) >= 11 is 1.12. The minimum atomic E-state index is -1.01. The van der Waals surface area contributed by atoms with Crippen molar-refractivity contribution in [2.45, 2.75) is 6.54 Å². The molecule has 0 unspecified atom stereocenters. The van der Waals surface area contributed by atoms with Gasteiger partial charge >= 0.3 is 10.8 Å². The third-order valence-electron chi connectivity index (χ3n) is 2.54. The molecule has 0 spiro atoms. The van der Waals surface area contributed by atoms with Crippen LogP contribution in [0.3, 0.4) is 0 Å². The summed E-state index contributed by atoms with van der Waals surface area (Å²) in [5.74, 6) is -0.657. The van der Waals surface area contributed by atoms with Gasteiger partial charge in [-0.25, -0.2) is 4.79 Å². The van der Waals surface area contributed by atoms with E-state index in [-0.39, 0.29) is 10.4 Å². The second-order valence-corrected chi connectivity index (χ2v) is 4.84. The van der Waals surface area contributed by atoms with E-state index >= 15 is 0 Å². The number of H-pyrrole nitrogens is 1. The molecule has 7 heteroatoms. The summed E-state index contributed by atoms with van der Waals surface area (Å²) < 4.78 is 5.43. The van der Waals surface area contributed by atoms with Gasteiger partial charge in [-0.05, 0) is 12.1 Å². The number of carboxylic acid groups (broad SMARTS) is 1. The maximum Gasteiger partial charge on any atom is 0.339 e. The minimum Gasteiger partial charge on any atom is -0.491 e. The van der Waals surface area contributed by atoms with Crippen LogP contribution in [0.4, 0.5) is 0 Å². The average Bonchev–Trinajstić information content (AvgIpc) is 2.84. The first kappa shape index (κ1) is 14.3. The molecule has 2 rings (SSSR count). The highest BCUT2D eigenvalue weighted by Crippen LogP contribution is 2.17. The van der Waals surface area contributed by atoms with Gasteiger partial charge < -0.3 is 20.1 Å². The molecule has 0 fully saturated rings. The molecule has 2 aromatic rings. The number of hydrogen-bond acceptors (Lipinski definition) is 5. The molecule has 0 saturated heterocycles. The maximum atomic E-state index is 11.0. The number of aromatic carboxylic acids is 1. The molecule has 0 aliphatic carbocycles. The summed E-state index contributed by atoms with van der Waals surface area (Å²) in [4.78, 5) is 24.5. The van der Waals surface area contributed by atoms with Crippen molar-refractivity contribution in [3.63, 3.8) is 0 Å². The molecule has 1 aromatic carbocycles. The van der Waals surface area contributed by atoms with Gasteiger partial charge in [-0.3, -0.25) is 4.79 Å². The van der Waals surface area contributed by atoms with E-state index in [0.29, 0.717) is 25.4 Å². The minimum absolute atomic E-state index is 0.0755. The van der Waals surface area contributed by atoms with Gasteiger partial charge in [0.1, 0.15) is 17.9 Å². The molecule has 0 radical (unpaired) electrons. The Balaban J connectivity index is 1.76. The lowest BCUT2D eigenvalue weighted by Gasteiger charge is -2.09. The Morgan fingerprint density at radius 1 is 1.40 bits per heavy atom. The lowest BCUT2D eigenvalue weighted by Crippen LogP contribution is -2.21. The van der Waals surface area contributed by atoms with Gasteiger partial charge in [0.05, 0.1) is 0 Å². The molecule has 3 N–H and O–H groups in total. The number of thiazole rings is 1. The third-order valence-corrected chi connectivity index (χ3v) is 3.26. The molecule has 0 aliphatic heterocycles. The first-order valence-corrected chi connectivity index (χ1v) is 6.87. The molecule has 1 aromatic heterocycles. The summed E-state index contributed by atoms with van der Waals surface area (Å²) in [5, 5.41) is 13.8. The zero-order valence-electron chi connectivity index (χ0n) is 10.6. The van der Waals surface area contributed by atoms with Crippen LogP contribution in [0.25, 0.3) is 0 Å². The first-order chi connectivity index (χ1) is 9.66. The first-order valence-electron chi connectivity index (χ1n) is 5.99. The van der Waals surface area contributed by atoms with Crippen molar-refractivity contribution in [3.8, 4) is 5.75 Å². The van der Waals surface area contributed by atoms with Gasteiger partial charge in [0.2, 0.25) is 0 Å². The fraction of sp³-hybridized carbons (Fsp3) is 0.231. The van der Waals surface area contributed by atoms with Crippen molar-refractivity contribution in [2.75, 3.05) is 13.2 Å². The van der Waals surface area contributed by atoms with Crippen molar-refractivity contribution in [3.05, 3.63) is 50.6 Å². The fourth-order valence-electron chi connectivity index (χ4n) is 1.63. The molecule has 1 heterocycles. The number of benzene rings is 1. The van der Waals surface area contributed by atoms with Crippen LogP contribution in [0.15, 0.2) is 34.4 Å². The smallest absolute Gasteiger partial charge is 0.339 e. The molecule has 0 bridgehead atoms. The van der Waals surface area contributed by atoms with Crippen molar-refractivity contribution >= 4 is 17.3 Å². The van der Waals surface area contributed by atoms with Gasteiger partial charge in [0.15, 0.2) is 0 Å². The Morgan fingerprint density at radius 2 is 2.20 bits per heavy atom. The average molecular weight is 294 g/mol. The Bertz CT molecular complexity index is 635. The van der Waals surface area contributed by atoms with Crippen LogP contribution in [0, 0.1) is 0 Å². The van der Waals surface area contributed by atoms with E-state index in [2.05, 4.69) is 10.3 Å². The second-order valence-electron chi connectivity index (χ2n) is 4.00. The molecule has 0 aliphatic rings. The Kier molecular flexibility index (Phi) is 4.91. The normalized spacial score (nSPS) is 10.4. The topological polar surface area (TPSA) is 91.4 Å². The summed E-state index contributed by atoms with van der Waals surface area (Å²) in [5.41, 5.74) is 0.973. The highest BCUT2D eigenvalue weighted by atomic mass is 32.1. The molecule has 20 heavy (non-hydrogen) atoms. The molecular weight excluding hydrogens is 280 g/mol. The molecular formula is C13H14N2O4S. The number of ether oxygens (including phenoxy) is 1. The van der Waals surface area contributed by atoms with Gasteiger partial charge in [-0.1, -0.05) is 23.5 Å². The number of aromatic nitrogens is 1. The number of para-hydroxylation sites is 1. The van der Waals surface area contributed by atoms with Crippen LogP contribution < -0.4 is 14.9 Å². The predicted octanol–water partition coefficient (Wildman–Crippen LogP) is 1.30. The van der Waals surface area contributed by atoms with E-state index in [1.165, 1.54) is 6.07 Å². The van der Waals surface area contributed by atoms with Crippen molar-refractivity contribution in [2.24, 2.45) is 0 Å². The van der Waals surface area contributed by atoms with Crippen LogP contribution >= 0.6 is 11.3 Å². The van der Waals surface area contributed by atoms with E-state index in [9.17, 15) is 9.59 Å². The van der Waals surface area contributed by atoms with Crippen molar-refractivity contribution < 1.29 is 14.6 Å². The lowest BCUT2D eigenvalue weighted by atomic mass is 10.2. The second kappa shape index (κ2) is 6.88. The predicted molar refractivity (Wildman–Crippen MR) is 75.5 cm³/mol. The highest BCUT2D eigenvalue weighted by molar-refractivity contribution is 7.07. The third kappa shape index (κ3) is 3.94. The highest BCUT2D eigenvalue weighted by Gasteiger charge is 2.09. The fourth-order valence-corrected chi connectivity index (χ4v) is 2.21. The van der Waals surface area contributed by atoms with Crippen LogP contribution in [0.1, 0.15) is 16.1 Å². The summed E-state index contributed by atoms with van der Waals surface area (Å²) in [7, 11) is 0. The number of carbonyl (C=O) groups is 1. The largest absolute Gasteiger partial charge is 0.491 e. The lowest BCUT2D eigenvalue weighted by molar-refractivity contribution is 0.0692. The molecule has 0 amide bonds. The Hall–Kier alpha value is -2.12. The van der Waals surface area contributed by atoms with Gasteiger partial charge in [-0.15, -0.1) is 0 Å². The standard InChI is InChI=1S/C13H14N2O4S/c16-12(17)10-3-1-2-4-11(10)19-6-5-14-7-9-8-20-13(18)15-9/h1-4,8,14H,5-7H2,(H,15,18)(H,16,17). The monoisotopic (exact) mass is 294 g/mol. The SMILES string of the molecule is O=C(O)c1ccccc1OCCNCc1csc(=O)[nH]1. The Labute approximate surface area is 119 Å². The van der Waals surface area contributed by atoms with Crippen LogP contribution in [0.2, 0.25) is 0 Å². The quantitative estimate of drug-likeness (QED) is 0.670. The number of carboxylic acids is 1. The van der Waals surface area contributed by atoms with E-state index in [0.717, 1.165) is 17.0 Å². The number of hydrogen-bond donors (Lipinski definition) is 3. The number of nitrogens with one attached hydrogen (secondary N) is 2. The van der Waals surface area contributed by atoms with E-state index < -0.39 is 5.97 Å². The van der Waals surface area contributed by atoms with Crippen molar-refractivity contribution in [1.29, 1.82) is 0 Å². The molecule has 0 saturated carbocycles. The Morgan fingerprint density at radius 3 is 2.90 bits per heavy atom. The maximum absolute atomic E-state index is 11.0. The summed E-state index contributed by atoms with van der Waals surface area (Å²) in [6, 6.07) is 6.51. The van der Waals surface area contributed by atoms with E-state index in [1.807, 2.05) is 0 Å².